The van der Waals surface area contributed by atoms with Crippen molar-refractivity contribution in [1.82, 2.24) is 9.88 Å². The first kappa shape index (κ1) is 17.7. The Morgan fingerprint density at radius 2 is 1.81 bits per heavy atom. The number of hydrogen-bond acceptors (Lipinski definition) is 3. The highest BCUT2D eigenvalue weighted by atomic mass is 35.5. The lowest BCUT2D eigenvalue weighted by Crippen LogP contribution is -2.17. The molecule has 0 aliphatic carbocycles. The highest BCUT2D eigenvalue weighted by Gasteiger charge is 2.22. The van der Waals surface area contributed by atoms with Gasteiger partial charge in [-0.2, -0.15) is 0 Å². The van der Waals surface area contributed by atoms with Crippen molar-refractivity contribution in [3.8, 4) is 22.4 Å². The molecule has 5 heteroatoms. The van der Waals surface area contributed by atoms with Gasteiger partial charge < -0.3 is 14.6 Å². The molecule has 0 amide bonds. The van der Waals surface area contributed by atoms with Crippen LogP contribution in [0.3, 0.4) is 0 Å². The third-order valence-electron chi connectivity index (χ3n) is 4.42. The molecule has 1 aliphatic heterocycles. The fraction of sp³-hybridized carbons (Fsp3) is 0.238. The Labute approximate surface area is 163 Å². The van der Waals surface area contributed by atoms with Crippen LogP contribution in [0, 0.1) is 0 Å². The number of aromatic nitrogens is 1. The normalized spacial score (nSPS) is 12.5. The minimum Gasteiger partial charge on any atom is -0.374 e. The molecule has 3 nitrogen and oxygen atoms in total. The summed E-state index contributed by atoms with van der Waals surface area (Å²) >= 11 is 8.08. The van der Waals surface area contributed by atoms with Crippen LogP contribution < -0.4 is 0 Å². The number of fused-ring (bicyclic) bond motifs is 5. The van der Waals surface area contributed by atoms with E-state index >= 15 is 0 Å². The van der Waals surface area contributed by atoms with Gasteiger partial charge in [-0.15, -0.1) is 0 Å². The lowest BCUT2D eigenvalue weighted by Gasteiger charge is -2.09. The number of H-pyrrole nitrogens is 1. The Balaban J connectivity index is 1.73. The first-order valence-corrected chi connectivity index (χ1v) is 9.83. The first-order chi connectivity index (χ1) is 12.6. The van der Waals surface area contributed by atoms with Crippen molar-refractivity contribution in [3.63, 3.8) is 0 Å². The lowest BCUT2D eigenvalue weighted by atomic mass is 10.0. The average Bonchev–Trinajstić information content (AvgIpc) is 2.99. The average molecular weight is 385 g/mol. The van der Waals surface area contributed by atoms with E-state index in [4.69, 9.17) is 16.3 Å². The Kier molecular flexibility index (Phi) is 5.09. The summed E-state index contributed by atoms with van der Waals surface area (Å²) in [5.74, 6) is 0. The van der Waals surface area contributed by atoms with Crippen molar-refractivity contribution < 1.29 is 4.74 Å². The maximum Gasteiger partial charge on any atom is 0.0866 e. The highest BCUT2D eigenvalue weighted by Crippen LogP contribution is 2.48. The molecule has 3 aromatic rings. The Morgan fingerprint density at radius 3 is 2.65 bits per heavy atom. The number of nitrogens with one attached hydrogen (secondary N) is 1. The molecule has 134 valence electrons. The van der Waals surface area contributed by atoms with Crippen LogP contribution in [0.2, 0.25) is 5.02 Å². The molecular formula is C21H21ClN2OS. The smallest absolute Gasteiger partial charge is 0.0866 e. The molecule has 0 unspecified atom stereocenters. The summed E-state index contributed by atoms with van der Waals surface area (Å²) < 4.78 is 5.83. The fourth-order valence-electron chi connectivity index (χ4n) is 3.13. The van der Waals surface area contributed by atoms with E-state index in [1.807, 2.05) is 12.1 Å². The van der Waals surface area contributed by atoms with Crippen LogP contribution in [0.1, 0.15) is 5.69 Å². The van der Waals surface area contributed by atoms with E-state index in [0.717, 1.165) is 28.5 Å². The zero-order valence-electron chi connectivity index (χ0n) is 14.9. The molecule has 1 N–H and O–H groups in total. The SMILES string of the molecule is CN(C)CCOCc1cc2c([nH]1)-c1cc(Cl)ccc1Sc1ccccc1-2. The maximum absolute atomic E-state index is 6.29. The summed E-state index contributed by atoms with van der Waals surface area (Å²) in [6, 6.07) is 16.8. The summed E-state index contributed by atoms with van der Waals surface area (Å²) in [5, 5.41) is 0.750. The van der Waals surface area contributed by atoms with E-state index < -0.39 is 0 Å². The van der Waals surface area contributed by atoms with Gasteiger partial charge >= 0.3 is 0 Å². The van der Waals surface area contributed by atoms with E-state index in [-0.39, 0.29) is 0 Å². The van der Waals surface area contributed by atoms with Gasteiger partial charge in [-0.25, -0.2) is 0 Å². The Bertz CT molecular complexity index is 936. The Hall–Kier alpha value is -1.72. The number of halogens is 1. The van der Waals surface area contributed by atoms with Gasteiger partial charge in [0.05, 0.1) is 18.9 Å². The molecule has 4 rings (SSSR count). The minimum atomic E-state index is 0.575. The number of ether oxygens (including phenoxy) is 1. The van der Waals surface area contributed by atoms with Gasteiger partial charge in [-0.1, -0.05) is 41.6 Å². The second-order valence-electron chi connectivity index (χ2n) is 6.68. The van der Waals surface area contributed by atoms with Crippen molar-refractivity contribution in [2.45, 2.75) is 16.4 Å². The number of benzene rings is 2. The Morgan fingerprint density at radius 1 is 1.00 bits per heavy atom. The van der Waals surface area contributed by atoms with Gasteiger partial charge in [0.15, 0.2) is 0 Å². The molecule has 0 spiro atoms. The summed E-state index contributed by atoms with van der Waals surface area (Å²) in [7, 11) is 4.10. The van der Waals surface area contributed by atoms with Gasteiger partial charge in [0.1, 0.15) is 0 Å². The predicted octanol–water partition coefficient (Wildman–Crippen LogP) is 5.54. The van der Waals surface area contributed by atoms with Crippen molar-refractivity contribution in [3.05, 3.63) is 59.2 Å². The molecule has 26 heavy (non-hydrogen) atoms. The molecule has 0 saturated heterocycles. The highest BCUT2D eigenvalue weighted by molar-refractivity contribution is 7.99. The van der Waals surface area contributed by atoms with E-state index in [2.05, 4.69) is 60.4 Å². The third-order valence-corrected chi connectivity index (χ3v) is 5.81. The lowest BCUT2D eigenvalue weighted by molar-refractivity contribution is 0.103. The number of hydrogen-bond donors (Lipinski definition) is 1. The predicted molar refractivity (Wildman–Crippen MR) is 109 cm³/mol. The quantitative estimate of drug-likeness (QED) is 0.457. The second kappa shape index (κ2) is 7.49. The number of rotatable bonds is 5. The van der Waals surface area contributed by atoms with Crippen LogP contribution in [0.5, 0.6) is 0 Å². The standard InChI is InChI=1S/C21H21ClN2OS/c1-24(2)9-10-25-13-15-12-17-16-5-3-4-6-19(16)26-20-8-7-14(22)11-18(20)21(17)23-15/h3-8,11-12,23H,9-10,13H2,1-2H3. The maximum atomic E-state index is 6.29. The molecule has 0 fully saturated rings. The summed E-state index contributed by atoms with van der Waals surface area (Å²) in [6.45, 7) is 2.20. The summed E-state index contributed by atoms with van der Waals surface area (Å²) in [5.41, 5.74) is 5.80. The fourth-order valence-corrected chi connectivity index (χ4v) is 4.38. The largest absolute Gasteiger partial charge is 0.374 e. The molecule has 0 saturated carbocycles. The van der Waals surface area contributed by atoms with Gasteiger partial charge in [0, 0.05) is 38.2 Å². The molecule has 2 heterocycles. The zero-order valence-corrected chi connectivity index (χ0v) is 16.5. The topological polar surface area (TPSA) is 28.3 Å². The van der Waals surface area contributed by atoms with E-state index in [1.54, 1.807) is 11.8 Å². The van der Waals surface area contributed by atoms with Gasteiger partial charge in [0.25, 0.3) is 0 Å². The first-order valence-electron chi connectivity index (χ1n) is 8.63. The van der Waals surface area contributed by atoms with Crippen LogP contribution >= 0.6 is 23.4 Å². The van der Waals surface area contributed by atoms with Crippen molar-refractivity contribution >= 4 is 23.4 Å². The van der Waals surface area contributed by atoms with Crippen LogP contribution in [-0.4, -0.2) is 37.1 Å². The number of likely N-dealkylation sites (N-methyl/N-ethyl adjacent to an activating group) is 1. The molecule has 0 atom stereocenters. The number of nitrogens with zero attached hydrogens (tertiary/aromatic N) is 1. The van der Waals surface area contributed by atoms with Gasteiger partial charge in [-0.05, 0) is 50.0 Å². The van der Waals surface area contributed by atoms with Crippen LogP contribution in [0.4, 0.5) is 0 Å². The molecule has 0 radical (unpaired) electrons. The van der Waals surface area contributed by atoms with Gasteiger partial charge in [-0.3, -0.25) is 0 Å². The zero-order chi connectivity index (χ0) is 18.1. The minimum absolute atomic E-state index is 0.575. The van der Waals surface area contributed by atoms with Crippen molar-refractivity contribution in [2.75, 3.05) is 27.2 Å². The molecular weight excluding hydrogens is 364 g/mol. The number of aromatic amines is 1. The molecule has 1 aromatic heterocycles. The van der Waals surface area contributed by atoms with Crippen molar-refractivity contribution in [2.24, 2.45) is 0 Å². The van der Waals surface area contributed by atoms with Gasteiger partial charge in [0.2, 0.25) is 0 Å². The van der Waals surface area contributed by atoms with E-state index in [9.17, 15) is 0 Å². The van der Waals surface area contributed by atoms with Crippen molar-refractivity contribution in [1.29, 1.82) is 0 Å². The summed E-state index contributed by atoms with van der Waals surface area (Å²) in [6.07, 6.45) is 0. The van der Waals surface area contributed by atoms with Crippen LogP contribution in [-0.2, 0) is 11.3 Å². The second-order valence-corrected chi connectivity index (χ2v) is 8.20. The van der Waals surface area contributed by atoms with E-state index in [1.165, 1.54) is 20.9 Å². The third kappa shape index (κ3) is 3.55. The van der Waals surface area contributed by atoms with Crippen LogP contribution in [0.25, 0.3) is 22.4 Å². The monoisotopic (exact) mass is 384 g/mol. The van der Waals surface area contributed by atoms with E-state index in [0.29, 0.717) is 13.2 Å². The molecule has 1 aliphatic rings. The molecule has 2 aromatic carbocycles. The van der Waals surface area contributed by atoms with Crippen LogP contribution in [0.15, 0.2) is 58.3 Å². The summed E-state index contributed by atoms with van der Waals surface area (Å²) in [4.78, 5) is 8.17. The molecule has 0 bridgehead atoms.